The number of halogens is 2. The van der Waals surface area contributed by atoms with Gasteiger partial charge in [0.25, 0.3) is 15.9 Å². The maximum absolute atomic E-state index is 14.0. The lowest BCUT2D eigenvalue weighted by molar-refractivity contribution is -0.141. The molecule has 226 valence electrons. The van der Waals surface area contributed by atoms with Crippen LogP contribution in [0.3, 0.4) is 0 Å². The highest BCUT2D eigenvalue weighted by Gasteiger charge is 2.41. The Hall–Kier alpha value is -3.40. The van der Waals surface area contributed by atoms with Crippen molar-refractivity contribution >= 4 is 50.9 Å². The van der Waals surface area contributed by atoms with Gasteiger partial charge in [-0.15, -0.1) is 0 Å². The van der Waals surface area contributed by atoms with Crippen molar-refractivity contribution in [1.82, 2.24) is 14.5 Å². The zero-order chi connectivity index (χ0) is 30.6. The summed E-state index contributed by atoms with van der Waals surface area (Å²) in [5.74, 6) is -1.44. The third kappa shape index (κ3) is 7.06. The molecule has 2 aliphatic rings. The number of nitrogens with one attached hydrogen (secondary N) is 1. The van der Waals surface area contributed by atoms with E-state index in [2.05, 4.69) is 5.32 Å². The highest BCUT2D eigenvalue weighted by molar-refractivity contribution is 7.90. The molecule has 43 heavy (non-hydrogen) atoms. The van der Waals surface area contributed by atoms with E-state index in [1.165, 1.54) is 17.0 Å². The molecule has 3 amide bonds. The Morgan fingerprint density at radius 1 is 0.953 bits per heavy atom. The first-order valence-corrected chi connectivity index (χ1v) is 16.6. The molecule has 3 aromatic rings. The van der Waals surface area contributed by atoms with Crippen molar-refractivity contribution in [3.63, 3.8) is 0 Å². The molecule has 1 aliphatic carbocycles. The second-order valence-corrected chi connectivity index (χ2v) is 13.6. The van der Waals surface area contributed by atoms with Crippen LogP contribution in [0, 0.1) is 0 Å². The molecule has 8 nitrogen and oxygen atoms in total. The number of nitrogens with zero attached hydrogens (tertiary/aromatic N) is 2. The van der Waals surface area contributed by atoms with Gasteiger partial charge in [0.15, 0.2) is 0 Å². The quantitative estimate of drug-likeness (QED) is 0.310. The molecular weight excluding hydrogens is 609 g/mol. The first-order chi connectivity index (χ1) is 20.6. The molecule has 11 heteroatoms. The van der Waals surface area contributed by atoms with Crippen LogP contribution in [0.4, 0.5) is 0 Å². The molecule has 1 aliphatic heterocycles. The van der Waals surface area contributed by atoms with E-state index < -0.39 is 27.9 Å². The van der Waals surface area contributed by atoms with Gasteiger partial charge >= 0.3 is 0 Å². The fraction of sp³-hybridized carbons (Fsp3) is 0.344. The van der Waals surface area contributed by atoms with E-state index in [4.69, 9.17) is 23.2 Å². The largest absolute Gasteiger partial charge is 0.352 e. The summed E-state index contributed by atoms with van der Waals surface area (Å²) in [6, 6.07) is 19.4. The van der Waals surface area contributed by atoms with Gasteiger partial charge in [-0.25, -0.2) is 12.7 Å². The Morgan fingerprint density at radius 3 is 2.35 bits per heavy atom. The molecule has 1 heterocycles. The lowest BCUT2D eigenvalue weighted by Gasteiger charge is -2.34. The minimum absolute atomic E-state index is 0.00859. The van der Waals surface area contributed by atoms with E-state index in [9.17, 15) is 22.8 Å². The standard InChI is InChI=1S/C32H33Cl2N3O5S/c33-24-16-15-23(27(34)20-24)21-36(30(38)17-18-37-32(40)26-13-7-8-14-29(26)43(37,41)42)28(19-22-9-3-1-4-10-22)31(39)35-25-11-5-2-6-12-25/h1,3-4,7-10,13-16,20,25,28H,2,5-6,11-12,17-19,21H2,(H,35,39)/t28-/m0/s1. The summed E-state index contributed by atoms with van der Waals surface area (Å²) >= 11 is 12.6. The van der Waals surface area contributed by atoms with Crippen LogP contribution in [-0.4, -0.2) is 54.0 Å². The Balaban J connectivity index is 1.45. The minimum atomic E-state index is -4.09. The fourth-order valence-electron chi connectivity index (χ4n) is 5.72. The van der Waals surface area contributed by atoms with E-state index in [0.29, 0.717) is 15.6 Å². The number of hydrogen-bond acceptors (Lipinski definition) is 5. The number of fused-ring (bicyclic) bond motifs is 1. The summed E-state index contributed by atoms with van der Waals surface area (Å²) in [7, 11) is -4.09. The Morgan fingerprint density at radius 2 is 1.65 bits per heavy atom. The Kier molecular flexibility index (Phi) is 9.74. The van der Waals surface area contributed by atoms with E-state index in [1.54, 1.807) is 30.3 Å². The summed E-state index contributed by atoms with van der Waals surface area (Å²) in [5.41, 5.74) is 1.52. The van der Waals surface area contributed by atoms with Crippen LogP contribution < -0.4 is 5.32 Å². The van der Waals surface area contributed by atoms with Gasteiger partial charge in [0.05, 0.1) is 5.56 Å². The maximum Gasteiger partial charge on any atom is 0.269 e. The van der Waals surface area contributed by atoms with Gasteiger partial charge < -0.3 is 10.2 Å². The van der Waals surface area contributed by atoms with E-state index >= 15 is 0 Å². The molecule has 0 spiro atoms. The molecule has 0 bridgehead atoms. The zero-order valence-corrected chi connectivity index (χ0v) is 25.9. The van der Waals surface area contributed by atoms with Crippen molar-refractivity contribution in [1.29, 1.82) is 0 Å². The molecule has 1 fully saturated rings. The number of carbonyl (C=O) groups excluding carboxylic acids is 3. The van der Waals surface area contributed by atoms with Crippen LogP contribution in [0.2, 0.25) is 10.0 Å². The van der Waals surface area contributed by atoms with Gasteiger partial charge in [-0.3, -0.25) is 14.4 Å². The van der Waals surface area contributed by atoms with Crippen molar-refractivity contribution in [2.75, 3.05) is 6.54 Å². The predicted molar refractivity (Wildman–Crippen MR) is 165 cm³/mol. The third-order valence-corrected chi connectivity index (χ3v) is 10.4. The summed E-state index contributed by atoms with van der Waals surface area (Å²) in [5, 5.41) is 3.93. The highest BCUT2D eigenvalue weighted by Crippen LogP contribution is 2.31. The van der Waals surface area contributed by atoms with Gasteiger partial charge in [-0.1, -0.05) is 91.0 Å². The van der Waals surface area contributed by atoms with Crippen LogP contribution in [0.5, 0.6) is 0 Å². The molecule has 1 saturated carbocycles. The van der Waals surface area contributed by atoms with Crippen LogP contribution >= 0.6 is 23.2 Å². The van der Waals surface area contributed by atoms with Gasteiger partial charge in [0.1, 0.15) is 10.9 Å². The average molecular weight is 643 g/mol. The zero-order valence-electron chi connectivity index (χ0n) is 23.5. The van der Waals surface area contributed by atoms with Crippen LogP contribution in [0.15, 0.2) is 77.7 Å². The maximum atomic E-state index is 14.0. The smallest absolute Gasteiger partial charge is 0.269 e. The summed E-state index contributed by atoms with van der Waals surface area (Å²) in [4.78, 5) is 42.3. The second kappa shape index (κ2) is 13.5. The van der Waals surface area contributed by atoms with Crippen molar-refractivity contribution in [3.05, 3.63) is 99.5 Å². The number of benzene rings is 3. The van der Waals surface area contributed by atoms with Crippen molar-refractivity contribution in [2.45, 2.75) is 68.5 Å². The average Bonchev–Trinajstić information content (AvgIpc) is 3.19. The lowest BCUT2D eigenvalue weighted by atomic mass is 9.94. The molecule has 1 N–H and O–H groups in total. The lowest BCUT2D eigenvalue weighted by Crippen LogP contribution is -2.53. The molecule has 0 saturated heterocycles. The second-order valence-electron chi connectivity index (χ2n) is 10.9. The molecule has 0 radical (unpaired) electrons. The fourth-order valence-corrected chi connectivity index (χ4v) is 7.76. The van der Waals surface area contributed by atoms with E-state index in [0.717, 1.165) is 42.0 Å². The summed E-state index contributed by atoms with van der Waals surface area (Å²) < 4.78 is 27.0. The van der Waals surface area contributed by atoms with Crippen molar-refractivity contribution in [2.24, 2.45) is 0 Å². The molecular formula is C32H33Cl2N3O5S. The molecule has 1 atom stereocenters. The molecule has 3 aromatic carbocycles. The SMILES string of the molecule is O=C(NC1CCCCC1)[C@H](Cc1ccccc1)N(Cc1ccc(Cl)cc1Cl)C(=O)CCN1C(=O)c2ccccc2S1(=O)=O. The van der Waals surface area contributed by atoms with Crippen molar-refractivity contribution in [3.8, 4) is 0 Å². The number of carbonyl (C=O) groups is 3. The summed E-state index contributed by atoms with van der Waals surface area (Å²) in [6.45, 7) is -0.368. The molecule has 0 aromatic heterocycles. The Bertz CT molecular complexity index is 1610. The van der Waals surface area contributed by atoms with Crippen LogP contribution in [0.25, 0.3) is 0 Å². The number of hydrogen-bond donors (Lipinski definition) is 1. The number of amides is 3. The van der Waals surface area contributed by atoms with E-state index in [-0.39, 0.29) is 48.3 Å². The third-order valence-electron chi connectivity index (χ3n) is 8.02. The normalized spacial score (nSPS) is 16.9. The first-order valence-electron chi connectivity index (χ1n) is 14.4. The van der Waals surface area contributed by atoms with Crippen LogP contribution in [-0.2, 0) is 32.6 Å². The Labute approximate surface area is 262 Å². The summed E-state index contributed by atoms with van der Waals surface area (Å²) in [6.07, 6.45) is 4.85. The molecule has 0 unspecified atom stereocenters. The van der Waals surface area contributed by atoms with Gasteiger partial charge in [-0.2, -0.15) is 0 Å². The molecule has 5 rings (SSSR count). The van der Waals surface area contributed by atoms with Gasteiger partial charge in [0.2, 0.25) is 11.8 Å². The minimum Gasteiger partial charge on any atom is -0.352 e. The predicted octanol–water partition coefficient (Wildman–Crippen LogP) is 5.62. The van der Waals surface area contributed by atoms with Crippen LogP contribution in [0.1, 0.15) is 60.0 Å². The van der Waals surface area contributed by atoms with E-state index in [1.807, 2.05) is 30.3 Å². The highest BCUT2D eigenvalue weighted by atomic mass is 35.5. The monoisotopic (exact) mass is 641 g/mol. The first kappa shape index (κ1) is 31.0. The van der Waals surface area contributed by atoms with Crippen molar-refractivity contribution < 1.29 is 22.8 Å². The van der Waals surface area contributed by atoms with Gasteiger partial charge in [-0.05, 0) is 48.2 Å². The topological polar surface area (TPSA) is 104 Å². The number of rotatable bonds is 10. The van der Waals surface area contributed by atoms with Gasteiger partial charge in [0, 0.05) is 42.0 Å². The number of sulfonamides is 1.